The van der Waals surface area contributed by atoms with Gasteiger partial charge in [-0.3, -0.25) is 9.59 Å². The van der Waals surface area contributed by atoms with Crippen LogP contribution in [0.15, 0.2) is 0 Å². The van der Waals surface area contributed by atoms with E-state index in [1.165, 1.54) is 12.8 Å². The maximum Gasteiger partial charge on any atom is 0.248 e. The highest BCUT2D eigenvalue weighted by atomic mass is 32.2. The number of rotatable bonds is 5. The average Bonchev–Trinajstić information content (AvgIpc) is 2.88. The zero-order valence-corrected chi connectivity index (χ0v) is 14.3. The quantitative estimate of drug-likeness (QED) is 0.849. The molecule has 0 radical (unpaired) electrons. The minimum absolute atomic E-state index is 0.0206. The fourth-order valence-corrected chi connectivity index (χ4v) is 4.97. The largest absolute Gasteiger partial charge is 0.342 e. The summed E-state index contributed by atoms with van der Waals surface area (Å²) in [5, 5.41) is 3.55. The van der Waals surface area contributed by atoms with Crippen molar-refractivity contribution in [3.05, 3.63) is 0 Å². The van der Waals surface area contributed by atoms with Crippen LogP contribution in [0.5, 0.6) is 0 Å². The van der Waals surface area contributed by atoms with E-state index in [2.05, 4.69) is 12.2 Å². The zero-order chi connectivity index (χ0) is 15.5. The topological polar surface area (TPSA) is 49.4 Å². The smallest absolute Gasteiger partial charge is 0.248 e. The molecule has 0 aromatic heterocycles. The van der Waals surface area contributed by atoms with Gasteiger partial charge in [0.05, 0.1) is 0 Å². The van der Waals surface area contributed by atoms with Crippen LogP contribution in [0, 0.1) is 0 Å². The summed E-state index contributed by atoms with van der Waals surface area (Å²) in [6.07, 6.45) is 5.25. The maximum absolute atomic E-state index is 13.1. The molecule has 1 heterocycles. The van der Waals surface area contributed by atoms with E-state index in [0.29, 0.717) is 37.1 Å². The Hall–Kier alpha value is -0.710. The Kier molecular flexibility index (Phi) is 5.58. The van der Waals surface area contributed by atoms with Gasteiger partial charge in [0.15, 0.2) is 0 Å². The summed E-state index contributed by atoms with van der Waals surface area (Å²) < 4.78 is 0. The van der Waals surface area contributed by atoms with Gasteiger partial charge < -0.3 is 10.2 Å². The van der Waals surface area contributed by atoms with Crippen molar-refractivity contribution in [1.29, 1.82) is 0 Å². The van der Waals surface area contributed by atoms with Crippen LogP contribution < -0.4 is 5.32 Å². The third-order valence-corrected chi connectivity index (χ3v) is 6.35. The lowest BCUT2D eigenvalue weighted by Gasteiger charge is -2.38. The Balaban J connectivity index is 2.25. The number of carbonyl (C=O) groups excluding carboxylic acids is 2. The average molecular weight is 312 g/mol. The van der Waals surface area contributed by atoms with Crippen molar-refractivity contribution >= 4 is 23.6 Å². The van der Waals surface area contributed by atoms with E-state index >= 15 is 0 Å². The first-order valence-corrected chi connectivity index (χ1v) is 9.36. The molecular formula is C16H28N2O2S. The normalized spacial score (nSPS) is 29.4. The van der Waals surface area contributed by atoms with Crippen molar-refractivity contribution in [2.75, 3.05) is 12.3 Å². The molecule has 1 aliphatic carbocycles. The first-order chi connectivity index (χ1) is 10.1. The SMILES string of the molecule is CCSC1CCCC1N1CCC(=O)NC(CC)(CC)C1=O. The molecule has 2 aliphatic rings. The molecule has 0 spiro atoms. The van der Waals surface area contributed by atoms with Gasteiger partial charge in [-0.15, -0.1) is 0 Å². The summed E-state index contributed by atoms with van der Waals surface area (Å²) in [7, 11) is 0. The fraction of sp³-hybridized carbons (Fsp3) is 0.875. The molecule has 1 saturated heterocycles. The molecule has 2 fully saturated rings. The summed E-state index contributed by atoms with van der Waals surface area (Å²) in [6.45, 7) is 6.76. The van der Waals surface area contributed by atoms with Crippen molar-refractivity contribution in [3.8, 4) is 0 Å². The van der Waals surface area contributed by atoms with Gasteiger partial charge in [0.25, 0.3) is 0 Å². The van der Waals surface area contributed by atoms with E-state index in [4.69, 9.17) is 0 Å². The molecule has 1 aliphatic heterocycles. The van der Waals surface area contributed by atoms with E-state index in [1.54, 1.807) is 0 Å². The molecule has 0 aromatic carbocycles. The van der Waals surface area contributed by atoms with Crippen LogP contribution in [0.4, 0.5) is 0 Å². The van der Waals surface area contributed by atoms with Gasteiger partial charge in [0, 0.05) is 24.3 Å². The molecule has 4 nitrogen and oxygen atoms in total. The number of hydrogen-bond acceptors (Lipinski definition) is 3. The highest BCUT2D eigenvalue weighted by molar-refractivity contribution is 7.99. The number of nitrogens with zero attached hydrogens (tertiary/aromatic N) is 1. The maximum atomic E-state index is 13.1. The van der Waals surface area contributed by atoms with Crippen molar-refractivity contribution < 1.29 is 9.59 Å². The number of thioether (sulfide) groups is 1. The molecule has 2 rings (SSSR count). The minimum Gasteiger partial charge on any atom is -0.342 e. The van der Waals surface area contributed by atoms with Crippen LogP contribution in [0.25, 0.3) is 0 Å². The Morgan fingerprint density at radius 3 is 2.57 bits per heavy atom. The lowest BCUT2D eigenvalue weighted by Crippen LogP contribution is -2.58. The second-order valence-corrected chi connectivity index (χ2v) is 7.59. The number of amides is 2. The highest BCUT2D eigenvalue weighted by Gasteiger charge is 2.46. The monoisotopic (exact) mass is 312 g/mol. The van der Waals surface area contributed by atoms with Gasteiger partial charge in [-0.2, -0.15) is 11.8 Å². The number of hydrogen-bond donors (Lipinski definition) is 1. The predicted molar refractivity (Wildman–Crippen MR) is 87.3 cm³/mol. The second-order valence-electron chi connectivity index (χ2n) is 6.08. The molecule has 0 aromatic rings. The molecular weight excluding hydrogens is 284 g/mol. The number of nitrogens with one attached hydrogen (secondary N) is 1. The van der Waals surface area contributed by atoms with Crippen LogP contribution in [0.2, 0.25) is 0 Å². The Morgan fingerprint density at radius 1 is 1.24 bits per heavy atom. The summed E-state index contributed by atoms with van der Waals surface area (Å²) >= 11 is 1.97. The van der Waals surface area contributed by atoms with Crippen molar-refractivity contribution in [2.24, 2.45) is 0 Å². The van der Waals surface area contributed by atoms with Crippen LogP contribution in [-0.2, 0) is 9.59 Å². The molecule has 5 heteroatoms. The van der Waals surface area contributed by atoms with Crippen LogP contribution in [0.1, 0.15) is 59.3 Å². The van der Waals surface area contributed by atoms with Crippen LogP contribution in [-0.4, -0.2) is 45.8 Å². The van der Waals surface area contributed by atoms with E-state index in [1.807, 2.05) is 30.5 Å². The third-order valence-electron chi connectivity index (χ3n) is 5.03. The zero-order valence-electron chi connectivity index (χ0n) is 13.5. The lowest BCUT2D eigenvalue weighted by molar-refractivity contribution is -0.141. The highest BCUT2D eigenvalue weighted by Crippen LogP contribution is 2.36. The van der Waals surface area contributed by atoms with E-state index < -0.39 is 5.54 Å². The first kappa shape index (κ1) is 16.7. The van der Waals surface area contributed by atoms with Crippen molar-refractivity contribution in [3.63, 3.8) is 0 Å². The van der Waals surface area contributed by atoms with Crippen molar-refractivity contribution in [2.45, 2.75) is 76.1 Å². The van der Waals surface area contributed by atoms with Gasteiger partial charge in [0.1, 0.15) is 5.54 Å². The summed E-state index contributed by atoms with van der Waals surface area (Å²) in [5.41, 5.74) is -0.683. The van der Waals surface area contributed by atoms with E-state index in [9.17, 15) is 9.59 Å². The molecule has 2 amide bonds. The van der Waals surface area contributed by atoms with Gasteiger partial charge >= 0.3 is 0 Å². The van der Waals surface area contributed by atoms with Crippen LogP contribution in [0.3, 0.4) is 0 Å². The molecule has 120 valence electrons. The minimum atomic E-state index is -0.683. The van der Waals surface area contributed by atoms with Gasteiger partial charge in [0.2, 0.25) is 11.8 Å². The summed E-state index contributed by atoms with van der Waals surface area (Å²) in [6, 6.07) is 0.313. The van der Waals surface area contributed by atoms with Gasteiger partial charge in [-0.1, -0.05) is 27.2 Å². The van der Waals surface area contributed by atoms with Crippen molar-refractivity contribution in [1.82, 2.24) is 10.2 Å². The lowest BCUT2D eigenvalue weighted by atomic mass is 9.90. The van der Waals surface area contributed by atoms with Gasteiger partial charge in [-0.25, -0.2) is 0 Å². The second kappa shape index (κ2) is 7.03. The molecule has 21 heavy (non-hydrogen) atoms. The molecule has 1 saturated carbocycles. The Morgan fingerprint density at radius 2 is 1.95 bits per heavy atom. The summed E-state index contributed by atoms with van der Waals surface area (Å²) in [5.74, 6) is 1.26. The standard InChI is InChI=1S/C16H28N2O2S/c1-4-16(5-2)15(20)18(11-10-14(19)17-16)12-8-7-9-13(12)21-6-3/h12-13H,4-11H2,1-3H3,(H,17,19). The summed E-state index contributed by atoms with van der Waals surface area (Å²) in [4.78, 5) is 27.2. The predicted octanol–water partition coefficient (Wildman–Crippen LogP) is 2.57. The van der Waals surface area contributed by atoms with E-state index in [-0.39, 0.29) is 11.8 Å². The third kappa shape index (κ3) is 3.22. The van der Waals surface area contributed by atoms with Gasteiger partial charge in [-0.05, 0) is 31.4 Å². The Labute approximate surface area is 132 Å². The molecule has 2 unspecified atom stereocenters. The molecule has 0 bridgehead atoms. The van der Waals surface area contributed by atoms with E-state index in [0.717, 1.165) is 12.2 Å². The molecule has 1 N–H and O–H groups in total. The van der Waals surface area contributed by atoms with Crippen LogP contribution >= 0.6 is 11.8 Å². The Bertz CT molecular complexity index is 396. The molecule has 2 atom stereocenters. The first-order valence-electron chi connectivity index (χ1n) is 8.31. The fourth-order valence-electron chi connectivity index (χ4n) is 3.70. The number of carbonyl (C=O) groups is 2.